The van der Waals surface area contributed by atoms with Gasteiger partial charge in [0, 0.05) is 17.6 Å². The van der Waals surface area contributed by atoms with Crippen LogP contribution in [-0.2, 0) is 0 Å². The van der Waals surface area contributed by atoms with Crippen molar-refractivity contribution in [2.45, 2.75) is 39.8 Å². The molecule has 3 heteroatoms. The molecule has 0 fully saturated rings. The van der Waals surface area contributed by atoms with Gasteiger partial charge >= 0.3 is 0 Å². The van der Waals surface area contributed by atoms with Gasteiger partial charge in [-0.3, -0.25) is 0 Å². The van der Waals surface area contributed by atoms with Crippen molar-refractivity contribution in [3.63, 3.8) is 0 Å². The first kappa shape index (κ1) is 15.6. The first-order valence-corrected chi connectivity index (χ1v) is 7.16. The molecule has 0 aliphatic heterocycles. The highest BCUT2D eigenvalue weighted by atomic mass is 19.1. The third kappa shape index (κ3) is 3.67. The smallest absolute Gasteiger partial charge is 0.128 e. The van der Waals surface area contributed by atoms with E-state index >= 15 is 0 Å². The van der Waals surface area contributed by atoms with E-state index in [4.69, 9.17) is 0 Å². The van der Waals surface area contributed by atoms with Crippen LogP contribution >= 0.6 is 0 Å². The Bertz CT molecular complexity index is 637. The van der Waals surface area contributed by atoms with Gasteiger partial charge in [0.2, 0.25) is 0 Å². The van der Waals surface area contributed by atoms with Gasteiger partial charge in [0.05, 0.1) is 0 Å². The van der Waals surface area contributed by atoms with Crippen LogP contribution in [0.5, 0.6) is 0 Å². The fourth-order valence-electron chi connectivity index (χ4n) is 2.44. The molecule has 0 spiro atoms. The van der Waals surface area contributed by atoms with Gasteiger partial charge in [-0.1, -0.05) is 18.2 Å². The van der Waals surface area contributed by atoms with Crippen molar-refractivity contribution in [2.24, 2.45) is 0 Å². The number of rotatable bonds is 4. The van der Waals surface area contributed by atoms with Gasteiger partial charge in [-0.05, 0) is 62.6 Å². The van der Waals surface area contributed by atoms with E-state index < -0.39 is 5.82 Å². The third-order valence-electron chi connectivity index (χ3n) is 3.96. The minimum atomic E-state index is -0.418. The van der Waals surface area contributed by atoms with Gasteiger partial charge in [-0.25, -0.2) is 8.78 Å². The van der Waals surface area contributed by atoms with Crippen LogP contribution in [0.1, 0.15) is 48.2 Å². The average molecular weight is 289 g/mol. The first-order valence-electron chi connectivity index (χ1n) is 7.16. The summed E-state index contributed by atoms with van der Waals surface area (Å²) in [6.45, 7) is 8.01. The zero-order valence-corrected chi connectivity index (χ0v) is 12.9. The number of hydrogen-bond donors (Lipinski definition) is 1. The summed E-state index contributed by atoms with van der Waals surface area (Å²) in [5.41, 5.74) is 3.97. The lowest BCUT2D eigenvalue weighted by molar-refractivity contribution is 0.469. The first-order chi connectivity index (χ1) is 9.88. The van der Waals surface area contributed by atoms with E-state index in [9.17, 15) is 8.78 Å². The fraction of sp³-hybridized carbons (Fsp3) is 0.333. The Hall–Kier alpha value is -1.74. The van der Waals surface area contributed by atoms with Crippen molar-refractivity contribution >= 4 is 0 Å². The van der Waals surface area contributed by atoms with Crippen molar-refractivity contribution in [1.82, 2.24) is 5.32 Å². The van der Waals surface area contributed by atoms with Gasteiger partial charge < -0.3 is 5.32 Å². The quantitative estimate of drug-likeness (QED) is 0.835. The monoisotopic (exact) mass is 289 g/mol. The van der Waals surface area contributed by atoms with Crippen LogP contribution in [0.4, 0.5) is 8.78 Å². The van der Waals surface area contributed by atoms with Crippen molar-refractivity contribution < 1.29 is 8.78 Å². The lowest BCUT2D eigenvalue weighted by Gasteiger charge is -2.22. The standard InChI is InChI=1S/C18H21F2N/c1-11-5-6-15(9-12(11)2)13(3)21-14(4)17-10-16(19)7-8-18(17)20/h5-10,13-14,21H,1-4H3. The molecule has 2 unspecified atom stereocenters. The van der Waals surface area contributed by atoms with E-state index in [0.29, 0.717) is 5.56 Å². The summed E-state index contributed by atoms with van der Waals surface area (Å²) in [5, 5.41) is 3.32. The molecule has 0 amide bonds. The van der Waals surface area contributed by atoms with Crippen molar-refractivity contribution in [3.8, 4) is 0 Å². The van der Waals surface area contributed by atoms with E-state index in [1.807, 2.05) is 13.8 Å². The summed E-state index contributed by atoms with van der Waals surface area (Å²) in [6, 6.07) is 9.62. The van der Waals surface area contributed by atoms with Crippen molar-refractivity contribution in [3.05, 3.63) is 70.3 Å². The lowest BCUT2D eigenvalue weighted by atomic mass is 10.00. The molecule has 2 rings (SSSR count). The minimum absolute atomic E-state index is 0.0574. The minimum Gasteiger partial charge on any atom is -0.304 e. The highest BCUT2D eigenvalue weighted by Gasteiger charge is 2.15. The molecule has 1 N–H and O–H groups in total. The number of aryl methyl sites for hydroxylation is 2. The molecule has 0 bridgehead atoms. The molecule has 112 valence electrons. The summed E-state index contributed by atoms with van der Waals surface area (Å²) < 4.78 is 27.1. The number of halogens is 2. The number of hydrogen-bond acceptors (Lipinski definition) is 1. The molecule has 0 aliphatic rings. The highest BCUT2D eigenvalue weighted by Crippen LogP contribution is 2.23. The van der Waals surface area contributed by atoms with Gasteiger partial charge in [0.1, 0.15) is 11.6 Å². The molecule has 2 aromatic rings. The molecular formula is C18H21F2N. The van der Waals surface area contributed by atoms with Gasteiger partial charge in [-0.2, -0.15) is 0 Å². The molecule has 0 aromatic heterocycles. The molecule has 0 saturated carbocycles. The van der Waals surface area contributed by atoms with Crippen LogP contribution in [-0.4, -0.2) is 0 Å². The summed E-state index contributed by atoms with van der Waals surface area (Å²) in [4.78, 5) is 0. The normalized spacial score (nSPS) is 14.0. The second kappa shape index (κ2) is 6.35. The summed E-state index contributed by atoms with van der Waals surface area (Å²) in [5.74, 6) is -0.803. The second-order valence-electron chi connectivity index (χ2n) is 5.62. The van der Waals surface area contributed by atoms with E-state index in [1.54, 1.807) is 0 Å². The van der Waals surface area contributed by atoms with E-state index in [2.05, 4.69) is 37.4 Å². The molecule has 0 aliphatic carbocycles. The summed E-state index contributed by atoms with van der Waals surface area (Å²) >= 11 is 0. The summed E-state index contributed by atoms with van der Waals surface area (Å²) in [6.07, 6.45) is 0. The Morgan fingerprint density at radius 1 is 0.857 bits per heavy atom. The van der Waals surface area contributed by atoms with Crippen molar-refractivity contribution in [2.75, 3.05) is 0 Å². The Kier molecular flexibility index (Phi) is 4.73. The molecule has 0 heterocycles. The number of benzene rings is 2. The predicted octanol–water partition coefficient (Wildman–Crippen LogP) is 4.99. The van der Waals surface area contributed by atoms with Crippen molar-refractivity contribution in [1.29, 1.82) is 0 Å². The van der Waals surface area contributed by atoms with E-state index in [0.717, 1.165) is 11.6 Å². The Balaban J connectivity index is 2.16. The fourth-order valence-corrected chi connectivity index (χ4v) is 2.44. The van der Waals surface area contributed by atoms with Crippen LogP contribution in [0.25, 0.3) is 0 Å². The second-order valence-corrected chi connectivity index (χ2v) is 5.62. The molecule has 1 nitrogen and oxygen atoms in total. The predicted molar refractivity (Wildman–Crippen MR) is 82.2 cm³/mol. The maximum Gasteiger partial charge on any atom is 0.128 e. The molecule has 0 radical (unpaired) electrons. The molecule has 2 aromatic carbocycles. The molecular weight excluding hydrogens is 268 g/mol. The highest BCUT2D eigenvalue weighted by molar-refractivity contribution is 5.32. The Morgan fingerprint density at radius 3 is 2.24 bits per heavy atom. The lowest BCUT2D eigenvalue weighted by Crippen LogP contribution is -2.23. The Morgan fingerprint density at radius 2 is 1.57 bits per heavy atom. The average Bonchev–Trinajstić information content (AvgIpc) is 2.44. The zero-order valence-electron chi connectivity index (χ0n) is 12.9. The Labute approximate surface area is 125 Å². The largest absolute Gasteiger partial charge is 0.304 e. The maximum atomic E-state index is 13.8. The van der Waals surface area contributed by atoms with Gasteiger partial charge in [0.25, 0.3) is 0 Å². The van der Waals surface area contributed by atoms with Crippen LogP contribution in [0.2, 0.25) is 0 Å². The molecule has 0 saturated heterocycles. The SMILES string of the molecule is Cc1ccc(C(C)NC(C)c2cc(F)ccc2F)cc1C. The van der Waals surface area contributed by atoms with Crippen LogP contribution in [0, 0.1) is 25.5 Å². The van der Waals surface area contributed by atoms with Crippen LogP contribution in [0.15, 0.2) is 36.4 Å². The summed E-state index contributed by atoms with van der Waals surface area (Å²) in [7, 11) is 0. The third-order valence-corrected chi connectivity index (χ3v) is 3.96. The van der Waals surface area contributed by atoms with Gasteiger partial charge in [-0.15, -0.1) is 0 Å². The number of nitrogens with one attached hydrogen (secondary N) is 1. The zero-order chi connectivity index (χ0) is 15.6. The van der Waals surface area contributed by atoms with Crippen LogP contribution < -0.4 is 5.32 Å². The maximum absolute atomic E-state index is 13.8. The molecule has 21 heavy (non-hydrogen) atoms. The molecule has 2 atom stereocenters. The van der Waals surface area contributed by atoms with E-state index in [-0.39, 0.29) is 17.9 Å². The van der Waals surface area contributed by atoms with Gasteiger partial charge in [0.15, 0.2) is 0 Å². The van der Waals surface area contributed by atoms with Crippen LogP contribution in [0.3, 0.4) is 0 Å². The topological polar surface area (TPSA) is 12.0 Å². The van der Waals surface area contributed by atoms with E-state index in [1.165, 1.54) is 23.3 Å².